The van der Waals surface area contributed by atoms with E-state index < -0.39 is 0 Å². The highest BCUT2D eigenvalue weighted by atomic mass is 79.9. The number of hydrogen-bond acceptors (Lipinski definition) is 2. The summed E-state index contributed by atoms with van der Waals surface area (Å²) in [6, 6.07) is 7.99. The van der Waals surface area contributed by atoms with E-state index in [9.17, 15) is 5.11 Å². The molecule has 112 valence electrons. The van der Waals surface area contributed by atoms with Crippen LogP contribution in [0.3, 0.4) is 0 Å². The Labute approximate surface area is 131 Å². The van der Waals surface area contributed by atoms with Crippen LogP contribution in [0.5, 0.6) is 0 Å². The van der Waals surface area contributed by atoms with Crippen LogP contribution in [-0.4, -0.2) is 29.6 Å². The largest absolute Gasteiger partial charge is 0.388 e. The van der Waals surface area contributed by atoms with Gasteiger partial charge in [-0.3, -0.25) is 0 Å². The van der Waals surface area contributed by atoms with E-state index in [1.54, 1.807) is 0 Å². The Balaban J connectivity index is 1.76. The molecule has 2 nitrogen and oxygen atoms in total. The molecule has 1 aromatic rings. The number of rotatable bonds is 5. The third kappa shape index (κ3) is 4.57. The van der Waals surface area contributed by atoms with E-state index in [4.69, 9.17) is 0 Å². The summed E-state index contributed by atoms with van der Waals surface area (Å²) in [6.07, 6.45) is 3.09. The van der Waals surface area contributed by atoms with Crippen LogP contribution in [0.25, 0.3) is 0 Å². The van der Waals surface area contributed by atoms with Crippen LogP contribution in [-0.2, 0) is 0 Å². The van der Waals surface area contributed by atoms with Crippen molar-refractivity contribution in [1.82, 2.24) is 4.90 Å². The lowest BCUT2D eigenvalue weighted by molar-refractivity contribution is 0.114. The summed E-state index contributed by atoms with van der Waals surface area (Å²) in [5.41, 5.74) is 1.01. The first-order valence-corrected chi connectivity index (χ1v) is 8.51. The standard InChI is InChI=1S/C17H26BrNO/c1-13(2)14-6-9-19(10-7-14)11-8-17(20)15-4-3-5-16(18)12-15/h3-5,12-14,17,20H,6-11H2,1-2H3. The third-order valence-corrected chi connectivity index (χ3v) is 5.02. The van der Waals surface area contributed by atoms with Crippen LogP contribution in [0.2, 0.25) is 0 Å². The van der Waals surface area contributed by atoms with E-state index in [0.717, 1.165) is 34.8 Å². The zero-order valence-corrected chi connectivity index (χ0v) is 14.1. The Hall–Kier alpha value is -0.380. The summed E-state index contributed by atoms with van der Waals surface area (Å²) >= 11 is 3.46. The normalized spacial score (nSPS) is 19.4. The van der Waals surface area contributed by atoms with Gasteiger partial charge in [-0.05, 0) is 61.9 Å². The van der Waals surface area contributed by atoms with Gasteiger partial charge in [0.15, 0.2) is 0 Å². The molecule has 1 fully saturated rings. The number of benzene rings is 1. The van der Waals surface area contributed by atoms with Gasteiger partial charge in [0.2, 0.25) is 0 Å². The topological polar surface area (TPSA) is 23.5 Å². The van der Waals surface area contributed by atoms with Crippen LogP contribution < -0.4 is 0 Å². The molecule has 0 spiro atoms. The van der Waals surface area contributed by atoms with Gasteiger partial charge in [0.25, 0.3) is 0 Å². The van der Waals surface area contributed by atoms with Gasteiger partial charge in [-0.25, -0.2) is 0 Å². The van der Waals surface area contributed by atoms with Crippen molar-refractivity contribution < 1.29 is 5.11 Å². The van der Waals surface area contributed by atoms with E-state index in [1.165, 1.54) is 25.9 Å². The molecule has 1 N–H and O–H groups in total. The molecule has 1 heterocycles. The highest BCUT2D eigenvalue weighted by molar-refractivity contribution is 9.10. The van der Waals surface area contributed by atoms with Crippen molar-refractivity contribution >= 4 is 15.9 Å². The highest BCUT2D eigenvalue weighted by Gasteiger charge is 2.21. The lowest BCUT2D eigenvalue weighted by Crippen LogP contribution is -2.36. The molecule has 1 unspecified atom stereocenters. The predicted molar refractivity (Wildman–Crippen MR) is 87.7 cm³/mol. The molecule has 0 aliphatic carbocycles. The highest BCUT2D eigenvalue weighted by Crippen LogP contribution is 2.26. The van der Waals surface area contributed by atoms with Crippen molar-refractivity contribution in [2.75, 3.05) is 19.6 Å². The molecular weight excluding hydrogens is 314 g/mol. The number of piperidine rings is 1. The molecule has 1 atom stereocenters. The first kappa shape index (κ1) is 16.0. The summed E-state index contributed by atoms with van der Waals surface area (Å²) in [4.78, 5) is 2.50. The van der Waals surface area contributed by atoms with E-state index in [-0.39, 0.29) is 6.10 Å². The number of nitrogens with zero attached hydrogens (tertiary/aromatic N) is 1. The van der Waals surface area contributed by atoms with Gasteiger partial charge in [-0.1, -0.05) is 41.9 Å². The van der Waals surface area contributed by atoms with E-state index >= 15 is 0 Å². The maximum atomic E-state index is 10.3. The molecule has 1 aromatic carbocycles. The monoisotopic (exact) mass is 339 g/mol. The van der Waals surface area contributed by atoms with Crippen LogP contribution in [0.1, 0.15) is 44.8 Å². The zero-order valence-electron chi connectivity index (χ0n) is 12.6. The van der Waals surface area contributed by atoms with E-state index in [2.05, 4.69) is 34.7 Å². The second kappa shape index (κ2) is 7.58. The molecule has 0 aromatic heterocycles. The molecule has 1 saturated heterocycles. The molecule has 0 saturated carbocycles. The summed E-state index contributed by atoms with van der Waals surface area (Å²) in [6.45, 7) is 8.04. The number of hydrogen-bond donors (Lipinski definition) is 1. The number of halogens is 1. The van der Waals surface area contributed by atoms with Crippen LogP contribution in [0.4, 0.5) is 0 Å². The van der Waals surface area contributed by atoms with Gasteiger partial charge in [-0.2, -0.15) is 0 Å². The fourth-order valence-corrected chi connectivity index (χ4v) is 3.45. The Morgan fingerprint density at radius 3 is 2.60 bits per heavy atom. The van der Waals surface area contributed by atoms with Crippen molar-refractivity contribution in [1.29, 1.82) is 0 Å². The van der Waals surface area contributed by atoms with Crippen molar-refractivity contribution in [3.05, 3.63) is 34.3 Å². The van der Waals surface area contributed by atoms with E-state index in [0.29, 0.717) is 0 Å². The number of likely N-dealkylation sites (tertiary alicyclic amines) is 1. The minimum atomic E-state index is -0.352. The smallest absolute Gasteiger partial charge is 0.0802 e. The van der Waals surface area contributed by atoms with Crippen LogP contribution >= 0.6 is 15.9 Å². The minimum absolute atomic E-state index is 0.352. The average Bonchev–Trinajstić information content (AvgIpc) is 2.45. The molecular formula is C17H26BrNO. The Bertz CT molecular complexity index is 413. The van der Waals surface area contributed by atoms with Gasteiger partial charge < -0.3 is 10.0 Å². The maximum absolute atomic E-state index is 10.3. The average molecular weight is 340 g/mol. The Morgan fingerprint density at radius 2 is 2.00 bits per heavy atom. The molecule has 0 radical (unpaired) electrons. The maximum Gasteiger partial charge on any atom is 0.0802 e. The molecule has 0 amide bonds. The second-order valence-electron chi connectivity index (χ2n) is 6.28. The van der Waals surface area contributed by atoms with E-state index in [1.807, 2.05) is 24.3 Å². The second-order valence-corrected chi connectivity index (χ2v) is 7.20. The Kier molecular flexibility index (Phi) is 6.06. The van der Waals surface area contributed by atoms with Crippen molar-refractivity contribution in [2.24, 2.45) is 11.8 Å². The quantitative estimate of drug-likeness (QED) is 0.867. The predicted octanol–water partition coefficient (Wildman–Crippen LogP) is 4.24. The molecule has 0 bridgehead atoms. The Morgan fingerprint density at radius 1 is 1.30 bits per heavy atom. The lowest BCUT2D eigenvalue weighted by atomic mass is 9.86. The third-order valence-electron chi connectivity index (χ3n) is 4.53. The van der Waals surface area contributed by atoms with Gasteiger partial charge in [0.1, 0.15) is 0 Å². The number of aliphatic hydroxyl groups is 1. The van der Waals surface area contributed by atoms with Crippen molar-refractivity contribution in [3.8, 4) is 0 Å². The van der Waals surface area contributed by atoms with Crippen molar-refractivity contribution in [2.45, 2.75) is 39.2 Å². The minimum Gasteiger partial charge on any atom is -0.388 e. The molecule has 3 heteroatoms. The SMILES string of the molecule is CC(C)C1CCN(CCC(O)c2cccc(Br)c2)CC1. The van der Waals surface area contributed by atoms with Gasteiger partial charge in [-0.15, -0.1) is 0 Å². The lowest BCUT2D eigenvalue weighted by Gasteiger charge is -2.34. The number of aliphatic hydroxyl groups excluding tert-OH is 1. The molecule has 2 rings (SSSR count). The summed E-state index contributed by atoms with van der Waals surface area (Å²) in [5, 5.41) is 10.3. The first-order valence-electron chi connectivity index (χ1n) is 7.72. The zero-order chi connectivity index (χ0) is 14.5. The summed E-state index contributed by atoms with van der Waals surface area (Å²) in [7, 11) is 0. The van der Waals surface area contributed by atoms with Gasteiger partial charge in [0.05, 0.1) is 6.10 Å². The van der Waals surface area contributed by atoms with Gasteiger partial charge in [0, 0.05) is 11.0 Å². The fraction of sp³-hybridized carbons (Fsp3) is 0.647. The first-order chi connectivity index (χ1) is 9.56. The molecule has 1 aliphatic heterocycles. The molecule has 1 aliphatic rings. The van der Waals surface area contributed by atoms with Crippen LogP contribution in [0, 0.1) is 11.8 Å². The fourth-order valence-electron chi connectivity index (χ4n) is 3.03. The van der Waals surface area contributed by atoms with Crippen molar-refractivity contribution in [3.63, 3.8) is 0 Å². The van der Waals surface area contributed by atoms with Gasteiger partial charge >= 0.3 is 0 Å². The van der Waals surface area contributed by atoms with Crippen LogP contribution in [0.15, 0.2) is 28.7 Å². The summed E-state index contributed by atoms with van der Waals surface area (Å²) in [5.74, 6) is 1.70. The molecule has 20 heavy (non-hydrogen) atoms. The summed E-state index contributed by atoms with van der Waals surface area (Å²) < 4.78 is 1.03.